The number of fused-ring (bicyclic) bond motifs is 1. The Kier molecular flexibility index (Phi) is 5.23. The first-order valence-corrected chi connectivity index (χ1v) is 9.26. The van der Waals surface area contributed by atoms with E-state index in [1.165, 1.54) is 0 Å². The van der Waals surface area contributed by atoms with Crippen LogP contribution in [0, 0.1) is 6.92 Å². The zero-order valence-corrected chi connectivity index (χ0v) is 15.5. The van der Waals surface area contributed by atoms with Crippen LogP contribution in [0.3, 0.4) is 0 Å². The van der Waals surface area contributed by atoms with Crippen molar-refractivity contribution < 1.29 is 19.1 Å². The molecule has 1 aromatic rings. The average molecular weight is 366 g/mol. The quantitative estimate of drug-likeness (QED) is 0.745. The van der Waals surface area contributed by atoms with Crippen molar-refractivity contribution in [2.45, 2.75) is 51.6 Å². The van der Waals surface area contributed by atoms with Crippen molar-refractivity contribution >= 4 is 23.5 Å². The molecule has 25 heavy (non-hydrogen) atoms. The number of ether oxygens (including phenoxy) is 2. The van der Waals surface area contributed by atoms with Gasteiger partial charge in [0.2, 0.25) is 0 Å². The van der Waals surface area contributed by atoms with E-state index in [2.05, 4.69) is 6.92 Å². The van der Waals surface area contributed by atoms with Crippen LogP contribution in [0.2, 0.25) is 5.02 Å². The highest BCUT2D eigenvalue weighted by molar-refractivity contribution is 6.31. The summed E-state index contributed by atoms with van der Waals surface area (Å²) in [5, 5.41) is 0.580. The minimum absolute atomic E-state index is 0.0575. The van der Waals surface area contributed by atoms with E-state index in [-0.39, 0.29) is 11.9 Å². The number of hydrogen-bond acceptors (Lipinski definition) is 4. The number of Topliss-reactive ketones (excluding diaryl/α,β-unsaturated/α-hetero) is 1. The van der Waals surface area contributed by atoms with E-state index in [9.17, 15) is 9.59 Å². The number of likely N-dealkylation sites (tertiary alicyclic amines) is 1. The molecule has 2 aliphatic heterocycles. The van der Waals surface area contributed by atoms with Crippen molar-refractivity contribution in [2.75, 3.05) is 19.7 Å². The number of rotatable bonds is 3. The first-order chi connectivity index (χ1) is 11.9. The van der Waals surface area contributed by atoms with Gasteiger partial charge in [0.1, 0.15) is 11.4 Å². The Morgan fingerprint density at radius 2 is 2.08 bits per heavy atom. The van der Waals surface area contributed by atoms with Gasteiger partial charge >= 0.3 is 6.09 Å². The van der Waals surface area contributed by atoms with Crippen LogP contribution in [-0.2, 0) is 4.74 Å². The summed E-state index contributed by atoms with van der Waals surface area (Å²) < 4.78 is 11.5. The van der Waals surface area contributed by atoms with Crippen LogP contribution < -0.4 is 4.74 Å². The highest BCUT2D eigenvalue weighted by Crippen LogP contribution is 2.41. The molecule has 2 heterocycles. The molecule has 6 heteroatoms. The van der Waals surface area contributed by atoms with Gasteiger partial charge in [-0.15, -0.1) is 0 Å². The number of unbranched alkanes of at least 4 members (excludes halogenated alkanes) is 1. The molecule has 136 valence electrons. The number of nitrogens with zero attached hydrogens (tertiary/aromatic N) is 1. The number of benzene rings is 1. The van der Waals surface area contributed by atoms with Crippen LogP contribution in [0.4, 0.5) is 4.79 Å². The molecule has 1 fully saturated rings. The Balaban J connectivity index is 1.66. The van der Waals surface area contributed by atoms with Gasteiger partial charge in [0.25, 0.3) is 0 Å². The molecule has 0 radical (unpaired) electrons. The molecule has 1 aromatic carbocycles. The fourth-order valence-corrected chi connectivity index (χ4v) is 3.55. The van der Waals surface area contributed by atoms with Gasteiger partial charge in [0.15, 0.2) is 5.78 Å². The Morgan fingerprint density at radius 1 is 1.36 bits per heavy atom. The second kappa shape index (κ2) is 7.24. The zero-order valence-electron chi connectivity index (χ0n) is 14.8. The molecule has 0 saturated carbocycles. The first kappa shape index (κ1) is 18.1. The highest BCUT2D eigenvalue weighted by Gasteiger charge is 2.44. The summed E-state index contributed by atoms with van der Waals surface area (Å²) in [7, 11) is 0. The summed E-state index contributed by atoms with van der Waals surface area (Å²) in [4.78, 5) is 26.3. The lowest BCUT2D eigenvalue weighted by atomic mass is 9.82. The van der Waals surface area contributed by atoms with Crippen molar-refractivity contribution in [3.8, 4) is 5.75 Å². The SMILES string of the molecule is CCCCOC(=O)N1CCC2(CC1)CC(=O)c1cc(Cl)c(C)cc1O2. The maximum absolute atomic E-state index is 12.6. The number of halogens is 1. The second-order valence-electron chi connectivity index (χ2n) is 6.94. The number of ketones is 1. The maximum Gasteiger partial charge on any atom is 0.409 e. The summed E-state index contributed by atoms with van der Waals surface area (Å²) in [5.74, 6) is 0.666. The molecule has 0 bridgehead atoms. The van der Waals surface area contributed by atoms with Crippen LogP contribution in [0.5, 0.6) is 5.75 Å². The molecule has 0 aromatic heterocycles. The molecule has 0 N–H and O–H groups in total. The Bertz CT molecular complexity index is 680. The van der Waals surface area contributed by atoms with Gasteiger partial charge in [0.05, 0.1) is 18.6 Å². The minimum atomic E-state index is -0.523. The van der Waals surface area contributed by atoms with Gasteiger partial charge in [-0.05, 0) is 31.0 Å². The van der Waals surface area contributed by atoms with Crippen LogP contribution >= 0.6 is 11.6 Å². The molecule has 1 amide bonds. The number of amides is 1. The number of hydrogen-bond donors (Lipinski definition) is 0. The Morgan fingerprint density at radius 3 is 2.76 bits per heavy atom. The lowest BCUT2D eigenvalue weighted by Crippen LogP contribution is -2.52. The summed E-state index contributed by atoms with van der Waals surface area (Å²) in [6, 6.07) is 3.53. The zero-order chi connectivity index (χ0) is 18.0. The molecule has 5 nitrogen and oxygen atoms in total. The van der Waals surface area contributed by atoms with Crippen molar-refractivity contribution in [3.05, 3.63) is 28.3 Å². The largest absolute Gasteiger partial charge is 0.486 e. The predicted molar refractivity (Wildman–Crippen MR) is 95.6 cm³/mol. The molecule has 1 saturated heterocycles. The molecule has 2 aliphatic rings. The van der Waals surface area contributed by atoms with Crippen molar-refractivity contribution in [1.82, 2.24) is 4.90 Å². The van der Waals surface area contributed by atoms with Gasteiger partial charge in [0, 0.05) is 31.0 Å². The highest BCUT2D eigenvalue weighted by atomic mass is 35.5. The smallest absolute Gasteiger partial charge is 0.409 e. The summed E-state index contributed by atoms with van der Waals surface area (Å²) in [6.45, 7) is 5.49. The fourth-order valence-electron chi connectivity index (χ4n) is 3.39. The molecular formula is C19H24ClNO4. The molecule has 1 spiro atoms. The average Bonchev–Trinajstić information content (AvgIpc) is 2.58. The molecular weight excluding hydrogens is 342 g/mol. The van der Waals surface area contributed by atoms with E-state index < -0.39 is 5.60 Å². The minimum Gasteiger partial charge on any atom is -0.486 e. The molecule has 0 unspecified atom stereocenters. The predicted octanol–water partition coefficient (Wildman–Crippen LogP) is 4.38. The Labute approximate surface area is 153 Å². The van der Waals surface area contributed by atoms with E-state index in [1.807, 2.05) is 13.0 Å². The van der Waals surface area contributed by atoms with Gasteiger partial charge in [-0.25, -0.2) is 4.79 Å². The van der Waals surface area contributed by atoms with Crippen LogP contribution in [-0.4, -0.2) is 42.1 Å². The first-order valence-electron chi connectivity index (χ1n) is 8.88. The van der Waals surface area contributed by atoms with E-state index in [0.717, 1.165) is 18.4 Å². The van der Waals surface area contributed by atoms with E-state index in [1.54, 1.807) is 11.0 Å². The fraction of sp³-hybridized carbons (Fsp3) is 0.579. The maximum atomic E-state index is 12.6. The molecule has 3 rings (SSSR count). The number of piperidine rings is 1. The third kappa shape index (κ3) is 3.76. The topological polar surface area (TPSA) is 55.8 Å². The van der Waals surface area contributed by atoms with E-state index in [0.29, 0.717) is 55.3 Å². The van der Waals surface area contributed by atoms with Crippen LogP contribution in [0.15, 0.2) is 12.1 Å². The van der Waals surface area contributed by atoms with E-state index in [4.69, 9.17) is 21.1 Å². The number of aryl methyl sites for hydroxylation is 1. The standard InChI is InChI=1S/C19H24ClNO4/c1-3-4-9-24-18(23)21-7-5-19(6-8-21)12-16(22)14-11-15(20)13(2)10-17(14)25-19/h10-11H,3-9,12H2,1-2H3. The summed E-state index contributed by atoms with van der Waals surface area (Å²) >= 11 is 6.13. The van der Waals surface area contributed by atoms with E-state index >= 15 is 0 Å². The monoisotopic (exact) mass is 365 g/mol. The third-order valence-electron chi connectivity index (χ3n) is 5.03. The van der Waals surface area contributed by atoms with Gasteiger partial charge in [-0.1, -0.05) is 24.9 Å². The molecule has 0 aliphatic carbocycles. The third-order valence-corrected chi connectivity index (χ3v) is 5.43. The van der Waals surface area contributed by atoms with Gasteiger partial charge < -0.3 is 14.4 Å². The van der Waals surface area contributed by atoms with Gasteiger partial charge in [-0.3, -0.25) is 4.79 Å². The second-order valence-corrected chi connectivity index (χ2v) is 7.34. The molecule has 0 atom stereocenters. The summed E-state index contributed by atoms with van der Waals surface area (Å²) in [5.41, 5.74) is 0.926. The van der Waals surface area contributed by atoms with Crippen LogP contribution in [0.25, 0.3) is 0 Å². The lowest BCUT2D eigenvalue weighted by molar-refractivity contribution is -0.00915. The van der Waals surface area contributed by atoms with Crippen LogP contribution in [0.1, 0.15) is 54.9 Å². The lowest BCUT2D eigenvalue weighted by Gasteiger charge is -2.43. The Hall–Kier alpha value is -1.75. The van der Waals surface area contributed by atoms with Crippen molar-refractivity contribution in [3.63, 3.8) is 0 Å². The normalized spacial score (nSPS) is 18.7. The van der Waals surface area contributed by atoms with Crippen molar-refractivity contribution in [1.29, 1.82) is 0 Å². The van der Waals surface area contributed by atoms with Crippen molar-refractivity contribution in [2.24, 2.45) is 0 Å². The number of carbonyl (C=O) groups excluding carboxylic acids is 2. The number of carbonyl (C=O) groups is 2. The summed E-state index contributed by atoms with van der Waals surface area (Å²) in [6.07, 6.45) is 3.19. The van der Waals surface area contributed by atoms with Gasteiger partial charge in [-0.2, -0.15) is 0 Å².